The quantitative estimate of drug-likeness (QED) is 0.904. The van der Waals surface area contributed by atoms with E-state index in [4.69, 9.17) is 16.1 Å². The van der Waals surface area contributed by atoms with Gasteiger partial charge in [0.1, 0.15) is 22.8 Å². The topological polar surface area (TPSA) is 58.4 Å². The van der Waals surface area contributed by atoms with Gasteiger partial charge in [0.2, 0.25) is 0 Å². The highest BCUT2D eigenvalue weighted by Crippen LogP contribution is 2.34. The zero-order chi connectivity index (χ0) is 17.6. The number of halogens is 2. The Labute approximate surface area is 150 Å². The lowest BCUT2D eigenvalue weighted by Crippen LogP contribution is -2.37. The molecule has 0 bridgehead atoms. The van der Waals surface area contributed by atoms with Gasteiger partial charge in [-0.25, -0.2) is 4.39 Å². The second kappa shape index (κ2) is 6.42. The summed E-state index contributed by atoms with van der Waals surface area (Å²) in [5.41, 5.74) is 0.490. The lowest BCUT2D eigenvalue weighted by Gasteiger charge is -2.16. The molecule has 1 amide bonds. The third-order valence-corrected chi connectivity index (χ3v) is 5.22. The first-order chi connectivity index (χ1) is 12.0. The SMILES string of the molecule is Cc1onc(-c2c(F)cccc2Cl)c1C(=O)NC1CCN(C2CC2)C1. The molecule has 1 aromatic heterocycles. The Hall–Kier alpha value is -1.92. The smallest absolute Gasteiger partial charge is 0.257 e. The number of benzene rings is 1. The molecule has 1 aliphatic heterocycles. The van der Waals surface area contributed by atoms with E-state index in [0.717, 1.165) is 19.5 Å². The summed E-state index contributed by atoms with van der Waals surface area (Å²) in [6, 6.07) is 5.14. The molecule has 2 aromatic rings. The van der Waals surface area contributed by atoms with Crippen LogP contribution in [0.5, 0.6) is 0 Å². The van der Waals surface area contributed by atoms with Crippen molar-refractivity contribution >= 4 is 17.5 Å². The molecule has 5 nitrogen and oxygen atoms in total. The molecule has 1 saturated carbocycles. The van der Waals surface area contributed by atoms with Crippen molar-refractivity contribution in [1.82, 2.24) is 15.4 Å². The molecule has 2 aliphatic rings. The lowest BCUT2D eigenvalue weighted by molar-refractivity contribution is 0.0936. The number of nitrogens with one attached hydrogen (secondary N) is 1. The summed E-state index contributed by atoms with van der Waals surface area (Å²) in [6.07, 6.45) is 3.42. The molecule has 1 saturated heterocycles. The zero-order valence-corrected chi connectivity index (χ0v) is 14.6. The van der Waals surface area contributed by atoms with Crippen LogP contribution in [0, 0.1) is 12.7 Å². The minimum Gasteiger partial charge on any atom is -0.360 e. The Morgan fingerprint density at radius 2 is 2.20 bits per heavy atom. The first-order valence-electron chi connectivity index (χ1n) is 8.50. The lowest BCUT2D eigenvalue weighted by atomic mass is 10.0. The van der Waals surface area contributed by atoms with Gasteiger partial charge in [0, 0.05) is 25.2 Å². The number of aromatic nitrogens is 1. The molecule has 2 fully saturated rings. The fourth-order valence-corrected chi connectivity index (χ4v) is 3.72. The number of carbonyl (C=O) groups excluding carboxylic acids is 1. The highest BCUT2D eigenvalue weighted by atomic mass is 35.5. The second-order valence-electron chi connectivity index (χ2n) is 6.74. The molecule has 4 rings (SSSR count). The van der Waals surface area contributed by atoms with Crippen LogP contribution < -0.4 is 5.32 Å². The van der Waals surface area contributed by atoms with Gasteiger partial charge in [-0.2, -0.15) is 0 Å². The molecule has 1 N–H and O–H groups in total. The molecule has 2 heterocycles. The van der Waals surface area contributed by atoms with Crippen molar-refractivity contribution in [1.29, 1.82) is 0 Å². The van der Waals surface area contributed by atoms with Gasteiger partial charge in [-0.1, -0.05) is 22.8 Å². The molecule has 1 atom stereocenters. The largest absolute Gasteiger partial charge is 0.360 e. The van der Waals surface area contributed by atoms with Crippen molar-refractivity contribution in [3.05, 3.63) is 40.4 Å². The maximum Gasteiger partial charge on any atom is 0.257 e. The van der Waals surface area contributed by atoms with Crippen molar-refractivity contribution in [2.24, 2.45) is 0 Å². The Bertz CT molecular complexity index is 798. The summed E-state index contributed by atoms with van der Waals surface area (Å²) < 4.78 is 19.4. The van der Waals surface area contributed by atoms with Crippen LogP contribution in [-0.2, 0) is 0 Å². The van der Waals surface area contributed by atoms with Gasteiger partial charge in [0.25, 0.3) is 5.91 Å². The molecular formula is C18H19ClFN3O2. The van der Waals surface area contributed by atoms with Crippen LogP contribution in [0.15, 0.2) is 22.7 Å². The third-order valence-electron chi connectivity index (χ3n) is 4.91. The maximum atomic E-state index is 14.2. The number of hydrogen-bond donors (Lipinski definition) is 1. The standard InChI is InChI=1S/C18H19ClFN3O2/c1-10-15(17(22-25-10)16-13(19)3-2-4-14(16)20)18(24)21-11-7-8-23(9-11)12-5-6-12/h2-4,11-12H,5-9H2,1H3,(H,21,24). The van der Waals surface area contributed by atoms with Crippen molar-refractivity contribution in [2.75, 3.05) is 13.1 Å². The number of likely N-dealkylation sites (tertiary alicyclic amines) is 1. The molecule has 1 aromatic carbocycles. The molecule has 25 heavy (non-hydrogen) atoms. The Balaban J connectivity index is 1.58. The predicted octanol–water partition coefficient (Wildman–Crippen LogP) is 3.41. The van der Waals surface area contributed by atoms with Crippen molar-refractivity contribution < 1.29 is 13.7 Å². The zero-order valence-electron chi connectivity index (χ0n) is 13.9. The first kappa shape index (κ1) is 16.5. The summed E-state index contributed by atoms with van der Waals surface area (Å²) in [5.74, 6) is -0.477. The molecule has 0 spiro atoms. The third kappa shape index (κ3) is 3.16. The summed E-state index contributed by atoms with van der Waals surface area (Å²) in [5, 5.41) is 7.12. The molecule has 1 aliphatic carbocycles. The average molecular weight is 364 g/mol. The normalized spacial score (nSPS) is 20.8. The van der Waals surface area contributed by atoms with E-state index < -0.39 is 5.82 Å². The summed E-state index contributed by atoms with van der Waals surface area (Å²) in [6.45, 7) is 3.51. The van der Waals surface area contributed by atoms with E-state index in [1.54, 1.807) is 13.0 Å². The van der Waals surface area contributed by atoms with E-state index >= 15 is 0 Å². The summed E-state index contributed by atoms with van der Waals surface area (Å²) in [4.78, 5) is 15.2. The molecule has 0 radical (unpaired) electrons. The minimum absolute atomic E-state index is 0.0892. The number of amides is 1. The van der Waals surface area contributed by atoms with Crippen LogP contribution >= 0.6 is 11.6 Å². The van der Waals surface area contributed by atoms with Gasteiger partial charge in [0.15, 0.2) is 0 Å². The average Bonchev–Trinajstić information content (AvgIpc) is 3.20. The fraction of sp³-hybridized carbons (Fsp3) is 0.444. The van der Waals surface area contributed by atoms with Crippen LogP contribution in [0.2, 0.25) is 5.02 Å². The van der Waals surface area contributed by atoms with E-state index in [1.807, 2.05) is 0 Å². The Morgan fingerprint density at radius 3 is 2.92 bits per heavy atom. The second-order valence-corrected chi connectivity index (χ2v) is 7.15. The molecule has 7 heteroatoms. The van der Waals surface area contributed by atoms with E-state index in [9.17, 15) is 9.18 Å². The molecule has 1 unspecified atom stereocenters. The molecule has 132 valence electrons. The summed E-state index contributed by atoms with van der Waals surface area (Å²) >= 11 is 6.12. The maximum absolute atomic E-state index is 14.2. The Morgan fingerprint density at radius 1 is 1.40 bits per heavy atom. The number of nitrogens with zero attached hydrogens (tertiary/aromatic N) is 2. The number of rotatable bonds is 4. The van der Waals surface area contributed by atoms with Gasteiger partial charge in [-0.15, -0.1) is 0 Å². The van der Waals surface area contributed by atoms with Gasteiger partial charge in [-0.3, -0.25) is 9.69 Å². The first-order valence-corrected chi connectivity index (χ1v) is 8.88. The fourth-order valence-electron chi connectivity index (χ4n) is 3.47. The number of aryl methyl sites for hydroxylation is 1. The highest BCUT2D eigenvalue weighted by Gasteiger charge is 2.35. The van der Waals surface area contributed by atoms with Crippen LogP contribution in [0.25, 0.3) is 11.3 Å². The van der Waals surface area contributed by atoms with Crippen molar-refractivity contribution in [2.45, 2.75) is 38.3 Å². The van der Waals surface area contributed by atoms with Gasteiger partial charge >= 0.3 is 0 Å². The van der Waals surface area contributed by atoms with Gasteiger partial charge in [0.05, 0.1) is 10.6 Å². The monoisotopic (exact) mass is 363 g/mol. The number of hydrogen-bond acceptors (Lipinski definition) is 4. The van der Waals surface area contributed by atoms with Crippen LogP contribution in [-0.4, -0.2) is 41.1 Å². The van der Waals surface area contributed by atoms with Crippen LogP contribution in [0.1, 0.15) is 35.4 Å². The highest BCUT2D eigenvalue weighted by molar-refractivity contribution is 6.33. The predicted molar refractivity (Wildman–Crippen MR) is 92.1 cm³/mol. The van der Waals surface area contributed by atoms with Crippen LogP contribution in [0.3, 0.4) is 0 Å². The van der Waals surface area contributed by atoms with E-state index in [-0.39, 0.29) is 33.8 Å². The van der Waals surface area contributed by atoms with E-state index in [1.165, 1.54) is 25.0 Å². The van der Waals surface area contributed by atoms with Crippen molar-refractivity contribution in [3.63, 3.8) is 0 Å². The van der Waals surface area contributed by atoms with E-state index in [2.05, 4.69) is 15.4 Å². The van der Waals surface area contributed by atoms with Gasteiger partial charge in [-0.05, 0) is 38.3 Å². The van der Waals surface area contributed by atoms with E-state index in [0.29, 0.717) is 11.8 Å². The minimum atomic E-state index is -0.532. The summed E-state index contributed by atoms with van der Waals surface area (Å²) in [7, 11) is 0. The number of carbonyl (C=O) groups is 1. The molecular weight excluding hydrogens is 345 g/mol. The van der Waals surface area contributed by atoms with Gasteiger partial charge < -0.3 is 9.84 Å². The van der Waals surface area contributed by atoms with Crippen LogP contribution in [0.4, 0.5) is 4.39 Å². The Kier molecular flexibility index (Phi) is 4.25. The van der Waals surface area contributed by atoms with Crippen molar-refractivity contribution in [3.8, 4) is 11.3 Å².